The van der Waals surface area contributed by atoms with Gasteiger partial charge < -0.3 is 9.95 Å². The van der Waals surface area contributed by atoms with Crippen LogP contribution in [0.4, 0.5) is 0 Å². The number of aryl methyl sites for hydroxylation is 1. The van der Waals surface area contributed by atoms with Gasteiger partial charge in [-0.15, -0.1) is 0 Å². The van der Waals surface area contributed by atoms with Gasteiger partial charge in [0.2, 0.25) is 7.05 Å². The Morgan fingerprint density at radius 3 is 2.46 bits per heavy atom. The molecular formula is C10H12N2O. The van der Waals surface area contributed by atoms with Crippen molar-refractivity contribution in [2.45, 2.75) is 6.92 Å². The van der Waals surface area contributed by atoms with E-state index in [1.165, 1.54) is 7.05 Å². The van der Waals surface area contributed by atoms with Gasteiger partial charge in [0, 0.05) is 6.20 Å². The zero-order chi connectivity index (χ0) is 10.3. The van der Waals surface area contributed by atoms with Crippen molar-refractivity contribution in [3.8, 4) is 0 Å². The highest BCUT2D eigenvalue weighted by Crippen LogP contribution is 2.04. The van der Waals surface area contributed by atoms with E-state index < -0.39 is 0 Å². The summed E-state index contributed by atoms with van der Waals surface area (Å²) in [6.45, 7) is 11.1. The normalized spacial score (nSPS) is 7.77. The fraction of sp³-hybridized carbons (Fsp3) is 0.200. The Morgan fingerprint density at radius 2 is 2.15 bits per heavy atom. The van der Waals surface area contributed by atoms with Gasteiger partial charge in [0.25, 0.3) is 0 Å². The Morgan fingerprint density at radius 1 is 1.62 bits per heavy atom. The second kappa shape index (κ2) is 5.78. The van der Waals surface area contributed by atoms with Crippen molar-refractivity contribution in [3.05, 3.63) is 47.6 Å². The van der Waals surface area contributed by atoms with E-state index >= 15 is 0 Å². The predicted molar refractivity (Wildman–Crippen MR) is 53.2 cm³/mol. The first-order valence-electron chi connectivity index (χ1n) is 3.68. The second-order valence-electron chi connectivity index (χ2n) is 2.39. The number of aromatic nitrogens is 1. The Hall–Kier alpha value is -1.82. The first kappa shape index (κ1) is 11.2. The van der Waals surface area contributed by atoms with E-state index in [9.17, 15) is 0 Å². The van der Waals surface area contributed by atoms with E-state index in [4.69, 9.17) is 11.7 Å². The lowest BCUT2D eigenvalue weighted by molar-refractivity contribution is 0.510. The van der Waals surface area contributed by atoms with Gasteiger partial charge in [-0.05, 0) is 18.6 Å². The number of aliphatic hydroxyl groups is 1. The summed E-state index contributed by atoms with van der Waals surface area (Å²) >= 11 is 0. The van der Waals surface area contributed by atoms with Crippen LogP contribution in [-0.2, 0) is 0 Å². The molecule has 0 amide bonds. The topological polar surface area (TPSA) is 37.5 Å². The monoisotopic (exact) mass is 176 g/mol. The third-order valence-electron chi connectivity index (χ3n) is 1.21. The van der Waals surface area contributed by atoms with Crippen LogP contribution in [-0.4, -0.2) is 17.1 Å². The molecule has 0 atom stereocenters. The van der Waals surface area contributed by atoms with Gasteiger partial charge in [-0.25, -0.2) is 6.57 Å². The van der Waals surface area contributed by atoms with Crippen LogP contribution >= 0.6 is 0 Å². The molecule has 1 aromatic rings. The number of nitrogens with zero attached hydrogens (tertiary/aromatic N) is 2. The Kier molecular flexibility index (Phi) is 4.97. The fourth-order valence-electron chi connectivity index (χ4n) is 0.639. The van der Waals surface area contributed by atoms with E-state index in [0.29, 0.717) is 5.69 Å². The largest absolute Gasteiger partial charge is 0.506 e. The van der Waals surface area contributed by atoms with Crippen molar-refractivity contribution in [1.82, 2.24) is 4.98 Å². The average Bonchev–Trinajstić information content (AvgIpc) is 2.06. The first-order chi connectivity index (χ1) is 6.11. The molecule has 0 spiro atoms. The van der Waals surface area contributed by atoms with E-state index in [0.717, 1.165) is 5.56 Å². The third kappa shape index (κ3) is 4.59. The molecule has 68 valence electrons. The van der Waals surface area contributed by atoms with Crippen LogP contribution < -0.4 is 0 Å². The van der Waals surface area contributed by atoms with Gasteiger partial charge in [0.15, 0.2) is 0 Å². The Labute approximate surface area is 78.2 Å². The number of rotatable bonds is 1. The summed E-state index contributed by atoms with van der Waals surface area (Å²) in [5.41, 5.74) is 1.61. The van der Waals surface area contributed by atoms with Crippen LogP contribution in [0.25, 0.3) is 10.6 Å². The van der Waals surface area contributed by atoms with Crippen molar-refractivity contribution in [1.29, 1.82) is 0 Å². The van der Waals surface area contributed by atoms with Crippen LogP contribution in [0, 0.1) is 13.5 Å². The SMILES string of the molecule is C=C(O)c1ccc(C)cn1.[C-]#[N+]C. The second-order valence-corrected chi connectivity index (χ2v) is 2.39. The number of aliphatic hydroxyl groups excluding tert-OH is 1. The molecule has 1 N–H and O–H groups in total. The summed E-state index contributed by atoms with van der Waals surface area (Å²) < 4.78 is 0. The summed E-state index contributed by atoms with van der Waals surface area (Å²) in [6.07, 6.45) is 1.69. The minimum absolute atomic E-state index is 0.0139. The van der Waals surface area contributed by atoms with Crippen LogP contribution in [0.5, 0.6) is 0 Å². The molecule has 3 nitrogen and oxygen atoms in total. The van der Waals surface area contributed by atoms with E-state index in [1.54, 1.807) is 12.3 Å². The highest BCUT2D eigenvalue weighted by molar-refractivity contribution is 5.51. The quantitative estimate of drug-likeness (QED) is 0.527. The molecule has 0 fully saturated rings. The molecule has 1 rings (SSSR count). The van der Waals surface area contributed by atoms with Crippen molar-refractivity contribution in [3.63, 3.8) is 0 Å². The standard InChI is InChI=1S/C8H9NO.C2H3N/c1-6-3-4-8(7(2)10)9-5-6;1-3-2/h3-5,10H,2H2,1H3;1H3. The van der Waals surface area contributed by atoms with E-state index in [2.05, 4.69) is 16.4 Å². The summed E-state index contributed by atoms with van der Waals surface area (Å²) in [6, 6.07) is 3.61. The molecule has 0 aliphatic carbocycles. The van der Waals surface area contributed by atoms with Gasteiger partial charge >= 0.3 is 0 Å². The van der Waals surface area contributed by atoms with Crippen LogP contribution in [0.2, 0.25) is 0 Å². The highest BCUT2D eigenvalue weighted by Gasteiger charge is 1.93. The lowest BCUT2D eigenvalue weighted by Gasteiger charge is -1.95. The van der Waals surface area contributed by atoms with Gasteiger partial charge in [0.05, 0.1) is 0 Å². The molecule has 0 unspecified atom stereocenters. The molecule has 13 heavy (non-hydrogen) atoms. The highest BCUT2D eigenvalue weighted by atomic mass is 16.3. The number of hydrogen-bond donors (Lipinski definition) is 1. The molecule has 0 aliphatic rings. The van der Waals surface area contributed by atoms with E-state index in [1.807, 2.05) is 13.0 Å². The summed E-state index contributed by atoms with van der Waals surface area (Å²) in [5.74, 6) is 0.0139. The maximum atomic E-state index is 8.86. The van der Waals surface area contributed by atoms with Crippen molar-refractivity contribution < 1.29 is 5.11 Å². The minimum Gasteiger partial charge on any atom is -0.506 e. The molecule has 0 bridgehead atoms. The van der Waals surface area contributed by atoms with E-state index in [-0.39, 0.29) is 5.76 Å². The van der Waals surface area contributed by atoms with Crippen molar-refractivity contribution in [2.75, 3.05) is 7.05 Å². The zero-order valence-corrected chi connectivity index (χ0v) is 7.78. The fourth-order valence-corrected chi connectivity index (χ4v) is 0.639. The molecule has 0 aromatic carbocycles. The van der Waals surface area contributed by atoms with Crippen molar-refractivity contribution in [2.24, 2.45) is 0 Å². The van der Waals surface area contributed by atoms with Crippen molar-refractivity contribution >= 4 is 5.76 Å². The van der Waals surface area contributed by atoms with Crippen LogP contribution in [0.15, 0.2) is 24.9 Å². The molecule has 1 aromatic heterocycles. The molecule has 0 saturated carbocycles. The van der Waals surface area contributed by atoms with Crippen LogP contribution in [0.3, 0.4) is 0 Å². The minimum atomic E-state index is 0.0139. The summed E-state index contributed by atoms with van der Waals surface area (Å²) in [4.78, 5) is 6.68. The molecular weight excluding hydrogens is 164 g/mol. The molecule has 3 heteroatoms. The number of hydrogen-bond acceptors (Lipinski definition) is 2. The molecule has 0 radical (unpaired) electrons. The third-order valence-corrected chi connectivity index (χ3v) is 1.21. The maximum Gasteiger partial charge on any atom is 0.205 e. The smallest absolute Gasteiger partial charge is 0.205 e. The first-order valence-corrected chi connectivity index (χ1v) is 3.68. The van der Waals surface area contributed by atoms with Gasteiger partial charge in [-0.2, -0.15) is 0 Å². The van der Waals surface area contributed by atoms with Crippen LogP contribution in [0.1, 0.15) is 11.3 Å². The number of pyridine rings is 1. The molecule has 0 saturated heterocycles. The maximum absolute atomic E-state index is 8.86. The average molecular weight is 176 g/mol. The Bertz CT molecular complexity index is 309. The Balaban J connectivity index is 0.000000424. The lowest BCUT2D eigenvalue weighted by atomic mass is 10.2. The molecule has 1 heterocycles. The van der Waals surface area contributed by atoms with Gasteiger partial charge in [0.1, 0.15) is 11.5 Å². The predicted octanol–water partition coefficient (Wildman–Crippen LogP) is 2.45. The lowest BCUT2D eigenvalue weighted by Crippen LogP contribution is -1.85. The summed E-state index contributed by atoms with van der Waals surface area (Å²) in [5, 5.41) is 8.86. The van der Waals surface area contributed by atoms with Gasteiger partial charge in [-0.1, -0.05) is 12.6 Å². The summed E-state index contributed by atoms with van der Waals surface area (Å²) in [7, 11) is 1.42. The zero-order valence-electron chi connectivity index (χ0n) is 7.78. The molecule has 0 aliphatic heterocycles. The van der Waals surface area contributed by atoms with Gasteiger partial charge in [-0.3, -0.25) is 4.98 Å².